The summed E-state index contributed by atoms with van der Waals surface area (Å²) in [6.07, 6.45) is 2.99. The van der Waals surface area contributed by atoms with Crippen LogP contribution in [0.3, 0.4) is 0 Å². The van der Waals surface area contributed by atoms with E-state index in [4.69, 9.17) is 0 Å². The maximum absolute atomic E-state index is 12.4. The first-order valence-corrected chi connectivity index (χ1v) is 10.4. The van der Waals surface area contributed by atoms with Crippen molar-refractivity contribution < 1.29 is 18.0 Å². The first-order valence-electron chi connectivity index (χ1n) is 8.88. The molecule has 3 N–H and O–H groups in total. The Labute approximate surface area is 173 Å². The third kappa shape index (κ3) is 5.85. The second-order valence-electron chi connectivity index (χ2n) is 6.31. The predicted octanol–water partition coefficient (Wildman–Crippen LogP) is 2.42. The fourth-order valence-electron chi connectivity index (χ4n) is 2.55. The molecular formula is C20H19N5O4S. The van der Waals surface area contributed by atoms with Crippen molar-refractivity contribution in [1.82, 2.24) is 9.97 Å². The minimum absolute atomic E-state index is 0.0153. The van der Waals surface area contributed by atoms with Crippen molar-refractivity contribution in [3.63, 3.8) is 0 Å². The van der Waals surface area contributed by atoms with Gasteiger partial charge in [0, 0.05) is 30.7 Å². The number of hydrogen-bond donors (Lipinski definition) is 3. The molecule has 1 aromatic heterocycles. The highest BCUT2D eigenvalue weighted by atomic mass is 32.2. The summed E-state index contributed by atoms with van der Waals surface area (Å²) >= 11 is 0. The number of benzene rings is 2. The lowest BCUT2D eigenvalue weighted by molar-refractivity contribution is -0.116. The average Bonchev–Trinajstić information content (AvgIpc) is 2.70. The van der Waals surface area contributed by atoms with Crippen molar-refractivity contribution in [2.45, 2.75) is 18.2 Å². The number of sulfonamides is 1. The molecule has 0 bridgehead atoms. The van der Waals surface area contributed by atoms with Crippen LogP contribution in [0, 0.1) is 0 Å². The zero-order valence-corrected chi connectivity index (χ0v) is 16.8. The molecule has 10 heteroatoms. The Hall–Kier alpha value is -3.79. The van der Waals surface area contributed by atoms with Crippen LogP contribution < -0.4 is 15.4 Å². The number of rotatable bonds is 7. The average molecular weight is 425 g/mol. The molecule has 0 radical (unpaired) electrons. The second-order valence-corrected chi connectivity index (χ2v) is 7.99. The third-order valence-electron chi connectivity index (χ3n) is 3.88. The molecule has 9 nitrogen and oxygen atoms in total. The number of hydrogen-bond acceptors (Lipinski definition) is 6. The molecule has 0 fully saturated rings. The Morgan fingerprint density at radius 2 is 1.43 bits per heavy atom. The van der Waals surface area contributed by atoms with Gasteiger partial charge >= 0.3 is 0 Å². The monoisotopic (exact) mass is 425 g/mol. The molecule has 0 unspecified atom stereocenters. The summed E-state index contributed by atoms with van der Waals surface area (Å²) in [5.41, 5.74) is 1.88. The van der Waals surface area contributed by atoms with E-state index in [1.54, 1.807) is 30.3 Å². The van der Waals surface area contributed by atoms with E-state index in [2.05, 4.69) is 25.3 Å². The summed E-state index contributed by atoms with van der Waals surface area (Å²) in [6, 6.07) is 14.3. The molecule has 0 saturated heterocycles. The van der Waals surface area contributed by atoms with Crippen molar-refractivity contribution in [2.24, 2.45) is 0 Å². The molecule has 0 saturated carbocycles. The number of nitrogens with zero attached hydrogens (tertiary/aromatic N) is 2. The minimum atomic E-state index is -3.84. The first kappa shape index (κ1) is 20.9. The number of anilines is 3. The largest absolute Gasteiger partial charge is 0.326 e. The third-order valence-corrected chi connectivity index (χ3v) is 5.22. The van der Waals surface area contributed by atoms with E-state index in [1.807, 2.05) is 0 Å². The molecular weight excluding hydrogens is 406 g/mol. The van der Waals surface area contributed by atoms with Gasteiger partial charge in [0.2, 0.25) is 17.8 Å². The van der Waals surface area contributed by atoms with Crippen LogP contribution in [0.2, 0.25) is 0 Å². The molecule has 3 aromatic rings. The summed E-state index contributed by atoms with van der Waals surface area (Å²) in [5, 5.41) is 5.37. The number of aromatic nitrogens is 2. The lowest BCUT2D eigenvalue weighted by Gasteiger charge is -2.09. The van der Waals surface area contributed by atoms with Gasteiger partial charge in [-0.15, -0.1) is 0 Å². The van der Waals surface area contributed by atoms with Gasteiger partial charge in [0.05, 0.1) is 11.3 Å². The Morgan fingerprint density at radius 3 is 2.03 bits per heavy atom. The summed E-state index contributed by atoms with van der Waals surface area (Å²) in [6.45, 7) is 1.42. The number of amides is 2. The minimum Gasteiger partial charge on any atom is -0.326 e. The second kappa shape index (κ2) is 9.14. The highest BCUT2D eigenvalue weighted by Gasteiger charge is 2.15. The Kier molecular flexibility index (Phi) is 6.38. The van der Waals surface area contributed by atoms with E-state index in [-0.39, 0.29) is 29.1 Å². The maximum atomic E-state index is 12.4. The van der Waals surface area contributed by atoms with E-state index in [0.29, 0.717) is 11.4 Å². The van der Waals surface area contributed by atoms with Crippen LogP contribution in [-0.2, 0) is 26.0 Å². The number of carbonyl (C=O) groups excluding carboxylic acids is 2. The van der Waals surface area contributed by atoms with Crippen molar-refractivity contribution in [3.8, 4) is 0 Å². The molecule has 0 aliphatic heterocycles. The summed E-state index contributed by atoms with van der Waals surface area (Å²) in [7, 11) is -3.84. The number of carbonyl (C=O) groups is 2. The number of nitrogens with one attached hydrogen (secondary N) is 3. The van der Waals surface area contributed by atoms with Crippen molar-refractivity contribution >= 4 is 39.2 Å². The van der Waals surface area contributed by atoms with Crippen LogP contribution >= 0.6 is 0 Å². The molecule has 2 amide bonds. The lowest BCUT2D eigenvalue weighted by atomic mass is 10.1. The van der Waals surface area contributed by atoms with E-state index < -0.39 is 10.0 Å². The topological polar surface area (TPSA) is 130 Å². The molecule has 0 aliphatic rings. The van der Waals surface area contributed by atoms with E-state index in [1.165, 1.54) is 43.6 Å². The van der Waals surface area contributed by atoms with Crippen LogP contribution in [0.5, 0.6) is 0 Å². The van der Waals surface area contributed by atoms with Crippen LogP contribution in [-0.4, -0.2) is 30.2 Å². The summed E-state index contributed by atoms with van der Waals surface area (Å²) in [5.74, 6) is -0.453. The van der Waals surface area contributed by atoms with Crippen molar-refractivity contribution in [3.05, 3.63) is 72.6 Å². The van der Waals surface area contributed by atoms with Crippen LogP contribution in [0.15, 0.2) is 71.9 Å². The molecule has 2 aromatic carbocycles. The standard InChI is InChI=1S/C20H19N5O4S/c1-14(26)23-16-5-3-15(4-6-16)13-19(27)24-17-7-9-18(10-8-17)30(28,29)25-20-21-11-2-12-22-20/h2-12H,13H2,1H3,(H,23,26)(H,24,27)(H,21,22,25). The van der Waals surface area contributed by atoms with Gasteiger partial charge in [-0.05, 0) is 48.0 Å². The van der Waals surface area contributed by atoms with Crippen LogP contribution in [0.25, 0.3) is 0 Å². The molecule has 0 atom stereocenters. The van der Waals surface area contributed by atoms with Gasteiger partial charge in [0.15, 0.2) is 0 Å². The maximum Gasteiger partial charge on any atom is 0.264 e. The van der Waals surface area contributed by atoms with Crippen LogP contribution in [0.4, 0.5) is 17.3 Å². The smallest absolute Gasteiger partial charge is 0.264 e. The fraction of sp³-hybridized carbons (Fsp3) is 0.100. The molecule has 0 aliphatic carbocycles. The quantitative estimate of drug-likeness (QED) is 0.533. The van der Waals surface area contributed by atoms with Crippen LogP contribution in [0.1, 0.15) is 12.5 Å². The van der Waals surface area contributed by atoms with Gasteiger partial charge in [0.1, 0.15) is 0 Å². The molecule has 0 spiro atoms. The molecule has 3 rings (SSSR count). The Bertz CT molecular complexity index is 1130. The van der Waals surface area contributed by atoms with Crippen molar-refractivity contribution in [2.75, 3.05) is 15.4 Å². The van der Waals surface area contributed by atoms with Crippen molar-refractivity contribution in [1.29, 1.82) is 0 Å². The van der Waals surface area contributed by atoms with E-state index >= 15 is 0 Å². The predicted molar refractivity (Wildman–Crippen MR) is 112 cm³/mol. The lowest BCUT2D eigenvalue weighted by Crippen LogP contribution is -2.16. The van der Waals surface area contributed by atoms with Gasteiger partial charge < -0.3 is 10.6 Å². The Morgan fingerprint density at radius 1 is 0.867 bits per heavy atom. The van der Waals surface area contributed by atoms with Gasteiger partial charge in [0.25, 0.3) is 10.0 Å². The fourth-order valence-corrected chi connectivity index (χ4v) is 3.51. The molecule has 30 heavy (non-hydrogen) atoms. The van der Waals surface area contributed by atoms with E-state index in [9.17, 15) is 18.0 Å². The van der Waals surface area contributed by atoms with Gasteiger partial charge in [-0.3, -0.25) is 9.59 Å². The molecule has 154 valence electrons. The zero-order chi connectivity index (χ0) is 21.6. The van der Waals surface area contributed by atoms with Gasteiger partial charge in [-0.25, -0.2) is 23.1 Å². The summed E-state index contributed by atoms with van der Waals surface area (Å²) < 4.78 is 27.0. The SMILES string of the molecule is CC(=O)Nc1ccc(CC(=O)Nc2ccc(S(=O)(=O)Nc3ncccn3)cc2)cc1. The van der Waals surface area contributed by atoms with Gasteiger partial charge in [-0.2, -0.15) is 0 Å². The normalized spacial score (nSPS) is 10.8. The van der Waals surface area contributed by atoms with Gasteiger partial charge in [-0.1, -0.05) is 12.1 Å². The first-order chi connectivity index (χ1) is 14.3. The van der Waals surface area contributed by atoms with E-state index in [0.717, 1.165) is 5.56 Å². The highest BCUT2D eigenvalue weighted by molar-refractivity contribution is 7.92. The Balaban J connectivity index is 1.59. The highest BCUT2D eigenvalue weighted by Crippen LogP contribution is 2.17. The molecule has 1 heterocycles. The zero-order valence-electron chi connectivity index (χ0n) is 16.0. The summed E-state index contributed by atoms with van der Waals surface area (Å²) in [4.78, 5) is 30.9.